The quantitative estimate of drug-likeness (QED) is 0.732. The van der Waals surface area contributed by atoms with Crippen LogP contribution in [0.1, 0.15) is 17.5 Å². The van der Waals surface area contributed by atoms with Gasteiger partial charge in [0, 0.05) is 12.8 Å². The highest BCUT2D eigenvalue weighted by Gasteiger charge is 2.17. The number of hydrogen-bond acceptors (Lipinski definition) is 3. The molecule has 0 aromatic heterocycles. The third kappa shape index (κ3) is 1.45. The molecule has 0 fully saturated rings. The van der Waals surface area contributed by atoms with Crippen LogP contribution in [0.2, 0.25) is 0 Å². The average molecular weight is 192 g/mol. The number of Topliss-reactive ketones (excluding diaryl/α,β-unsaturated/α-hetero) is 1. The second kappa shape index (κ2) is 3.33. The molecule has 0 unspecified atom stereocenters. The van der Waals surface area contributed by atoms with Crippen LogP contribution in [-0.4, -0.2) is 18.0 Å². The first-order valence-corrected chi connectivity index (χ1v) is 4.61. The fraction of sp³-hybridized carbons (Fsp3) is 0.364. The van der Waals surface area contributed by atoms with E-state index in [1.807, 2.05) is 0 Å². The number of phenolic OH excluding ortho intramolecular Hbond substituents is 1. The van der Waals surface area contributed by atoms with Crippen molar-refractivity contribution in [2.45, 2.75) is 19.3 Å². The molecular formula is C11H12O3. The maximum atomic E-state index is 11.2. The number of phenols is 1. The molecule has 0 radical (unpaired) electrons. The van der Waals surface area contributed by atoms with Crippen molar-refractivity contribution in [1.29, 1.82) is 0 Å². The normalized spacial score (nSPS) is 15.1. The van der Waals surface area contributed by atoms with E-state index in [2.05, 4.69) is 0 Å². The highest BCUT2D eigenvalue weighted by atomic mass is 16.5. The molecule has 1 aromatic carbocycles. The van der Waals surface area contributed by atoms with Gasteiger partial charge in [0.15, 0.2) is 11.5 Å². The Morgan fingerprint density at radius 2 is 2.07 bits per heavy atom. The smallest absolute Gasteiger partial charge is 0.160 e. The van der Waals surface area contributed by atoms with Crippen molar-refractivity contribution in [3.05, 3.63) is 23.3 Å². The predicted molar refractivity (Wildman–Crippen MR) is 51.7 cm³/mol. The summed E-state index contributed by atoms with van der Waals surface area (Å²) in [5, 5.41) is 9.52. The number of fused-ring (bicyclic) bond motifs is 1. The van der Waals surface area contributed by atoms with E-state index in [0.29, 0.717) is 18.6 Å². The van der Waals surface area contributed by atoms with E-state index >= 15 is 0 Å². The first kappa shape index (κ1) is 9.06. The van der Waals surface area contributed by atoms with E-state index in [4.69, 9.17) is 4.74 Å². The van der Waals surface area contributed by atoms with Crippen LogP contribution in [-0.2, 0) is 17.6 Å². The predicted octanol–water partition coefficient (Wildman–Crippen LogP) is 1.46. The van der Waals surface area contributed by atoms with E-state index in [1.165, 1.54) is 7.11 Å². The third-order valence-corrected chi connectivity index (χ3v) is 2.56. The van der Waals surface area contributed by atoms with Crippen molar-refractivity contribution in [1.82, 2.24) is 0 Å². The molecule has 14 heavy (non-hydrogen) atoms. The first-order valence-electron chi connectivity index (χ1n) is 4.61. The highest BCUT2D eigenvalue weighted by Crippen LogP contribution is 2.32. The van der Waals surface area contributed by atoms with Gasteiger partial charge in [-0.25, -0.2) is 0 Å². The molecule has 0 saturated heterocycles. The Balaban J connectivity index is 2.46. The molecule has 2 rings (SSSR count). The summed E-state index contributed by atoms with van der Waals surface area (Å²) in [6, 6.07) is 3.45. The fourth-order valence-corrected chi connectivity index (χ4v) is 1.79. The van der Waals surface area contributed by atoms with Crippen LogP contribution < -0.4 is 4.74 Å². The van der Waals surface area contributed by atoms with Gasteiger partial charge in [0.05, 0.1) is 7.11 Å². The molecule has 1 aliphatic rings. The van der Waals surface area contributed by atoms with Crippen LogP contribution in [0.4, 0.5) is 0 Å². The largest absolute Gasteiger partial charge is 0.504 e. The molecule has 0 heterocycles. The van der Waals surface area contributed by atoms with Crippen molar-refractivity contribution in [2.75, 3.05) is 7.11 Å². The van der Waals surface area contributed by atoms with E-state index in [9.17, 15) is 9.90 Å². The minimum atomic E-state index is 0.153. The monoisotopic (exact) mass is 192 g/mol. The Hall–Kier alpha value is -1.51. The topological polar surface area (TPSA) is 46.5 Å². The maximum Gasteiger partial charge on any atom is 0.160 e. The fourth-order valence-electron chi connectivity index (χ4n) is 1.79. The number of rotatable bonds is 1. The number of benzene rings is 1. The number of aromatic hydroxyl groups is 1. The van der Waals surface area contributed by atoms with E-state index in [0.717, 1.165) is 17.5 Å². The zero-order valence-corrected chi connectivity index (χ0v) is 8.04. The van der Waals surface area contributed by atoms with Crippen LogP contribution in [0.3, 0.4) is 0 Å². The molecule has 3 nitrogen and oxygen atoms in total. The number of hydrogen-bond donors (Lipinski definition) is 1. The van der Waals surface area contributed by atoms with Gasteiger partial charge in [-0.3, -0.25) is 4.79 Å². The molecule has 0 amide bonds. The summed E-state index contributed by atoms with van der Waals surface area (Å²) in [4.78, 5) is 11.2. The van der Waals surface area contributed by atoms with Crippen molar-refractivity contribution in [3.8, 4) is 11.5 Å². The van der Waals surface area contributed by atoms with Crippen molar-refractivity contribution in [3.63, 3.8) is 0 Å². The molecule has 0 aliphatic heterocycles. The molecule has 0 atom stereocenters. The molecule has 1 N–H and O–H groups in total. The Bertz CT molecular complexity index is 382. The molecule has 0 bridgehead atoms. The van der Waals surface area contributed by atoms with E-state index in [1.54, 1.807) is 12.1 Å². The molecule has 0 saturated carbocycles. The second-order valence-electron chi connectivity index (χ2n) is 3.51. The first-order chi connectivity index (χ1) is 6.70. The lowest BCUT2D eigenvalue weighted by Crippen LogP contribution is -2.13. The van der Waals surface area contributed by atoms with Crippen LogP contribution in [0.25, 0.3) is 0 Å². The van der Waals surface area contributed by atoms with Gasteiger partial charge in [-0.1, -0.05) is 0 Å². The Kier molecular flexibility index (Phi) is 2.15. The zero-order valence-electron chi connectivity index (χ0n) is 8.04. The molecule has 74 valence electrons. The number of carbonyl (C=O) groups is 1. The minimum Gasteiger partial charge on any atom is -0.504 e. The molecule has 1 aromatic rings. The zero-order chi connectivity index (χ0) is 10.1. The van der Waals surface area contributed by atoms with Crippen LogP contribution >= 0.6 is 0 Å². The number of aryl methyl sites for hydroxylation is 1. The summed E-state index contributed by atoms with van der Waals surface area (Å²) >= 11 is 0. The molecular weight excluding hydrogens is 180 g/mol. The van der Waals surface area contributed by atoms with Gasteiger partial charge in [0.2, 0.25) is 0 Å². The Labute approximate surface area is 82.3 Å². The summed E-state index contributed by atoms with van der Waals surface area (Å²) in [5.74, 6) is 0.851. The van der Waals surface area contributed by atoms with Gasteiger partial charge >= 0.3 is 0 Å². The van der Waals surface area contributed by atoms with Gasteiger partial charge in [-0.05, 0) is 29.7 Å². The molecule has 3 heteroatoms. The number of ether oxygens (including phenoxy) is 1. The summed E-state index contributed by atoms with van der Waals surface area (Å²) in [7, 11) is 1.51. The summed E-state index contributed by atoms with van der Waals surface area (Å²) in [5.41, 5.74) is 2.04. The lowest BCUT2D eigenvalue weighted by atomic mass is 9.90. The van der Waals surface area contributed by atoms with Gasteiger partial charge in [0.1, 0.15) is 5.78 Å². The Morgan fingerprint density at radius 1 is 1.29 bits per heavy atom. The lowest BCUT2D eigenvalue weighted by molar-refractivity contribution is -0.118. The molecule has 1 aliphatic carbocycles. The van der Waals surface area contributed by atoms with E-state index < -0.39 is 0 Å². The van der Waals surface area contributed by atoms with Gasteiger partial charge in [-0.15, -0.1) is 0 Å². The third-order valence-electron chi connectivity index (χ3n) is 2.56. The minimum absolute atomic E-state index is 0.153. The van der Waals surface area contributed by atoms with Crippen molar-refractivity contribution < 1.29 is 14.6 Å². The number of ketones is 1. The number of methoxy groups -OCH3 is 1. The average Bonchev–Trinajstić information content (AvgIpc) is 2.17. The van der Waals surface area contributed by atoms with Gasteiger partial charge in [-0.2, -0.15) is 0 Å². The van der Waals surface area contributed by atoms with Gasteiger partial charge < -0.3 is 9.84 Å². The summed E-state index contributed by atoms with van der Waals surface area (Å²) < 4.78 is 4.98. The molecule has 0 spiro atoms. The number of carbonyl (C=O) groups excluding carboxylic acids is 1. The van der Waals surface area contributed by atoms with Crippen LogP contribution in [0, 0.1) is 0 Å². The highest BCUT2D eigenvalue weighted by molar-refractivity contribution is 5.83. The van der Waals surface area contributed by atoms with Crippen LogP contribution in [0.15, 0.2) is 12.1 Å². The summed E-state index contributed by atoms with van der Waals surface area (Å²) in [6.07, 6.45) is 1.77. The maximum absolute atomic E-state index is 11.2. The SMILES string of the molecule is COc1cc2c(cc1O)CCC(=O)C2. The van der Waals surface area contributed by atoms with Crippen molar-refractivity contribution in [2.24, 2.45) is 0 Å². The Morgan fingerprint density at radius 3 is 2.79 bits per heavy atom. The van der Waals surface area contributed by atoms with Crippen molar-refractivity contribution >= 4 is 5.78 Å². The van der Waals surface area contributed by atoms with Crippen LogP contribution in [0.5, 0.6) is 11.5 Å². The van der Waals surface area contributed by atoms with Gasteiger partial charge in [0.25, 0.3) is 0 Å². The second-order valence-corrected chi connectivity index (χ2v) is 3.51. The lowest BCUT2D eigenvalue weighted by Gasteiger charge is -2.16. The standard InChI is InChI=1S/C11H12O3/c1-14-11-6-8-4-9(12)3-2-7(8)5-10(11)13/h5-6,13H,2-4H2,1H3. The summed E-state index contributed by atoms with van der Waals surface area (Å²) in [6.45, 7) is 0. The van der Waals surface area contributed by atoms with E-state index in [-0.39, 0.29) is 11.5 Å².